The lowest BCUT2D eigenvalue weighted by molar-refractivity contribution is -0.114. The van der Waals surface area contributed by atoms with Gasteiger partial charge in [0, 0.05) is 19.2 Å². The summed E-state index contributed by atoms with van der Waals surface area (Å²) in [6.07, 6.45) is 1.27. The zero-order valence-electron chi connectivity index (χ0n) is 16.3. The number of aldehydes is 1. The second-order valence-corrected chi connectivity index (χ2v) is 6.19. The molecule has 0 fully saturated rings. The van der Waals surface area contributed by atoms with Crippen LogP contribution in [0.5, 0.6) is 0 Å². The Hall–Kier alpha value is -3.06. The summed E-state index contributed by atoms with van der Waals surface area (Å²) < 4.78 is 20.1. The van der Waals surface area contributed by atoms with Crippen LogP contribution < -0.4 is 5.01 Å². The molecule has 0 atom stereocenters. The molecule has 148 valence electrons. The number of hydrogen-bond acceptors (Lipinski definition) is 5. The van der Waals surface area contributed by atoms with Crippen LogP contribution in [0.1, 0.15) is 28.4 Å². The summed E-state index contributed by atoms with van der Waals surface area (Å²) in [6.45, 7) is 4.37. The first-order chi connectivity index (χ1) is 13.5. The molecule has 0 aromatic heterocycles. The molecule has 0 saturated heterocycles. The van der Waals surface area contributed by atoms with Crippen LogP contribution in [0.15, 0.2) is 47.6 Å². The van der Waals surface area contributed by atoms with Crippen molar-refractivity contribution < 1.29 is 18.7 Å². The average Bonchev–Trinajstić information content (AvgIpc) is 2.70. The van der Waals surface area contributed by atoms with Gasteiger partial charge in [0.2, 0.25) is 6.41 Å². The quantitative estimate of drug-likeness (QED) is 0.287. The number of benzene rings is 2. The Morgan fingerprint density at radius 3 is 2.54 bits per heavy atom. The molecule has 0 unspecified atom stereocenters. The van der Waals surface area contributed by atoms with Crippen LogP contribution in [0.3, 0.4) is 0 Å². The lowest BCUT2D eigenvalue weighted by Gasteiger charge is -2.22. The fourth-order valence-electron chi connectivity index (χ4n) is 2.61. The van der Waals surface area contributed by atoms with Gasteiger partial charge < -0.3 is 4.74 Å². The van der Waals surface area contributed by atoms with E-state index in [9.17, 15) is 14.0 Å². The predicted octanol–water partition coefficient (Wildman–Crippen LogP) is 3.39. The molecule has 0 N–H and O–H groups in total. The first-order valence-corrected chi connectivity index (χ1v) is 8.90. The van der Waals surface area contributed by atoms with Gasteiger partial charge in [0.05, 0.1) is 12.3 Å². The maximum Gasteiger partial charge on any atom is 0.215 e. The first kappa shape index (κ1) is 21.2. The number of amides is 1. The summed E-state index contributed by atoms with van der Waals surface area (Å²) in [5.74, 6) is -0.217. The molecule has 2 aromatic carbocycles. The molecule has 28 heavy (non-hydrogen) atoms. The number of hydrazone groups is 1. The molecule has 0 spiro atoms. The molecule has 7 heteroatoms. The molecule has 0 aliphatic rings. The Balaban J connectivity index is 2.21. The largest absolute Gasteiger partial charge is 0.369 e. The van der Waals surface area contributed by atoms with Gasteiger partial charge in [0.15, 0.2) is 5.84 Å². The van der Waals surface area contributed by atoms with Gasteiger partial charge in [-0.3, -0.25) is 19.5 Å². The van der Waals surface area contributed by atoms with Gasteiger partial charge in [0.1, 0.15) is 18.7 Å². The van der Waals surface area contributed by atoms with Gasteiger partial charge in [-0.25, -0.2) is 4.39 Å². The topological polar surface area (TPSA) is 62.2 Å². The minimum Gasteiger partial charge on any atom is -0.369 e. The highest BCUT2D eigenvalue weighted by Gasteiger charge is 2.15. The normalized spacial score (nSPS) is 11.2. The maximum atomic E-state index is 14.4. The Morgan fingerprint density at radius 2 is 1.93 bits per heavy atom. The number of carbonyl (C=O) groups excluding carboxylic acids is 2. The Labute approximate surface area is 164 Å². The molecule has 0 saturated carbocycles. The number of amidine groups is 1. The Bertz CT molecular complexity index is 840. The van der Waals surface area contributed by atoms with E-state index in [1.807, 2.05) is 37.3 Å². The van der Waals surface area contributed by atoms with Gasteiger partial charge in [-0.15, -0.1) is 0 Å². The van der Waals surface area contributed by atoms with E-state index in [0.717, 1.165) is 5.56 Å². The number of carbonyl (C=O) groups is 2. The number of likely N-dealkylation sites (N-methyl/N-ethyl adjacent to an activating group) is 1. The second kappa shape index (κ2) is 10.3. The van der Waals surface area contributed by atoms with E-state index in [1.165, 1.54) is 16.0 Å². The van der Waals surface area contributed by atoms with Crippen molar-refractivity contribution in [3.8, 4) is 0 Å². The van der Waals surface area contributed by atoms with E-state index in [4.69, 9.17) is 4.74 Å². The van der Waals surface area contributed by atoms with Crippen LogP contribution >= 0.6 is 0 Å². The van der Waals surface area contributed by atoms with Gasteiger partial charge in [-0.05, 0) is 37.1 Å². The number of aryl methyl sites for hydroxylation is 1. The van der Waals surface area contributed by atoms with Crippen LogP contribution in [-0.2, 0) is 16.1 Å². The van der Waals surface area contributed by atoms with Crippen LogP contribution in [0.4, 0.5) is 10.1 Å². The van der Waals surface area contributed by atoms with Crippen molar-refractivity contribution in [2.75, 3.05) is 25.2 Å². The molecule has 6 nitrogen and oxygen atoms in total. The fourth-order valence-corrected chi connectivity index (χ4v) is 2.61. The molecular weight excluding hydrogens is 361 g/mol. The minimum absolute atomic E-state index is 0.0822. The Morgan fingerprint density at radius 1 is 1.21 bits per heavy atom. The van der Waals surface area contributed by atoms with E-state index in [1.54, 1.807) is 20.0 Å². The summed E-state index contributed by atoms with van der Waals surface area (Å²) in [7, 11) is 1.58. The number of halogens is 1. The molecular formula is C21H24FN3O3. The molecule has 0 radical (unpaired) electrons. The third kappa shape index (κ3) is 5.47. The number of hydrogen-bond donors (Lipinski definition) is 0. The van der Waals surface area contributed by atoms with Gasteiger partial charge in [-0.1, -0.05) is 30.3 Å². The van der Waals surface area contributed by atoms with E-state index < -0.39 is 5.82 Å². The predicted molar refractivity (Wildman–Crippen MR) is 107 cm³/mol. The van der Waals surface area contributed by atoms with Gasteiger partial charge in [0.25, 0.3) is 0 Å². The van der Waals surface area contributed by atoms with Crippen molar-refractivity contribution in [2.24, 2.45) is 5.10 Å². The van der Waals surface area contributed by atoms with Gasteiger partial charge >= 0.3 is 0 Å². The highest BCUT2D eigenvalue weighted by atomic mass is 19.1. The van der Waals surface area contributed by atoms with Crippen molar-refractivity contribution in [3.63, 3.8) is 0 Å². The zero-order chi connectivity index (χ0) is 20.5. The average molecular weight is 385 g/mol. The van der Waals surface area contributed by atoms with E-state index in [0.29, 0.717) is 37.2 Å². The number of rotatable bonds is 9. The number of anilines is 1. The van der Waals surface area contributed by atoms with Crippen LogP contribution in [0, 0.1) is 12.7 Å². The Kier molecular flexibility index (Phi) is 7.83. The van der Waals surface area contributed by atoms with Crippen molar-refractivity contribution >= 4 is 24.2 Å². The van der Waals surface area contributed by atoms with Crippen molar-refractivity contribution in [3.05, 3.63) is 65.0 Å². The third-order valence-electron chi connectivity index (χ3n) is 4.22. The van der Waals surface area contributed by atoms with Crippen molar-refractivity contribution in [1.82, 2.24) is 4.90 Å². The first-order valence-electron chi connectivity index (χ1n) is 8.90. The number of ether oxygens (including phenoxy) is 1. The second-order valence-electron chi connectivity index (χ2n) is 6.19. The van der Waals surface area contributed by atoms with Gasteiger partial charge in [-0.2, -0.15) is 5.10 Å². The summed E-state index contributed by atoms with van der Waals surface area (Å²) >= 11 is 0. The highest BCUT2D eigenvalue weighted by molar-refractivity contribution is 5.92. The minimum atomic E-state index is -0.572. The fraction of sp³-hybridized carbons (Fsp3) is 0.286. The monoisotopic (exact) mass is 385 g/mol. The van der Waals surface area contributed by atoms with Crippen molar-refractivity contribution in [2.45, 2.75) is 20.5 Å². The van der Waals surface area contributed by atoms with E-state index in [-0.39, 0.29) is 17.9 Å². The zero-order valence-corrected chi connectivity index (χ0v) is 16.3. The molecule has 0 aliphatic carbocycles. The lowest BCUT2D eigenvalue weighted by atomic mass is 10.1. The molecule has 0 heterocycles. The highest BCUT2D eigenvalue weighted by Crippen LogP contribution is 2.22. The SMILES string of the molecule is CCN(C=O)/C(COCc1ccccc1)=N\N(C)c1cc(C)c(C=O)cc1F. The molecule has 2 aromatic rings. The molecule has 2 rings (SSSR count). The standard InChI is InChI=1S/C21H24FN3O3/c1-4-25(15-27)21(14-28-13-17-8-6-5-7-9-17)23-24(3)20-10-16(2)18(12-26)11-19(20)22/h5-12,15H,4,13-14H2,1-3H3/b23-21-. The van der Waals surface area contributed by atoms with Crippen LogP contribution in [0.2, 0.25) is 0 Å². The van der Waals surface area contributed by atoms with E-state index >= 15 is 0 Å². The molecule has 1 amide bonds. The van der Waals surface area contributed by atoms with E-state index in [2.05, 4.69) is 5.10 Å². The number of nitrogens with zero attached hydrogens (tertiary/aromatic N) is 3. The lowest BCUT2D eigenvalue weighted by Crippen LogP contribution is -2.35. The summed E-state index contributed by atoms with van der Waals surface area (Å²) in [5, 5.41) is 5.71. The summed E-state index contributed by atoms with van der Waals surface area (Å²) in [4.78, 5) is 23.8. The van der Waals surface area contributed by atoms with Crippen LogP contribution in [-0.4, -0.2) is 43.6 Å². The van der Waals surface area contributed by atoms with Crippen molar-refractivity contribution in [1.29, 1.82) is 0 Å². The summed E-state index contributed by atoms with van der Waals surface area (Å²) in [5.41, 5.74) is 2.12. The third-order valence-corrected chi connectivity index (χ3v) is 4.22. The smallest absolute Gasteiger partial charge is 0.215 e. The summed E-state index contributed by atoms with van der Waals surface area (Å²) in [6, 6.07) is 12.3. The van der Waals surface area contributed by atoms with Crippen LogP contribution in [0.25, 0.3) is 0 Å². The molecule has 0 aliphatic heterocycles. The maximum absolute atomic E-state index is 14.4. The molecule has 0 bridgehead atoms.